The molecule has 5 nitrogen and oxygen atoms in total. The number of fused-ring (bicyclic) bond motifs is 7. The van der Waals surface area contributed by atoms with Crippen LogP contribution < -0.4 is 0 Å². The molecule has 0 aliphatic heterocycles. The number of pyridine rings is 1. The summed E-state index contributed by atoms with van der Waals surface area (Å²) in [6.45, 7) is 0. The Bertz CT molecular complexity index is 3360. The Morgan fingerprint density at radius 1 is 0.317 bits per heavy atom. The van der Waals surface area contributed by atoms with Crippen molar-refractivity contribution >= 4 is 54.5 Å². The molecule has 5 heteroatoms. The summed E-state index contributed by atoms with van der Waals surface area (Å²) in [6, 6.07) is 73.1. The first-order valence-electron chi connectivity index (χ1n) is 20.3. The summed E-state index contributed by atoms with van der Waals surface area (Å²) in [7, 11) is 0. The van der Waals surface area contributed by atoms with Gasteiger partial charge in [-0.1, -0.05) is 146 Å². The van der Waals surface area contributed by atoms with Crippen molar-refractivity contribution in [2.75, 3.05) is 0 Å². The highest BCUT2D eigenvalue weighted by molar-refractivity contribution is 6.10. The highest BCUT2D eigenvalue weighted by Crippen LogP contribution is 2.38. The van der Waals surface area contributed by atoms with Crippen molar-refractivity contribution in [3.05, 3.63) is 212 Å². The Morgan fingerprint density at radius 3 is 1.35 bits per heavy atom. The molecule has 0 bridgehead atoms. The van der Waals surface area contributed by atoms with Gasteiger partial charge in [-0.3, -0.25) is 4.98 Å². The molecule has 4 heterocycles. The van der Waals surface area contributed by atoms with Crippen molar-refractivity contribution in [2.24, 2.45) is 0 Å². The summed E-state index contributed by atoms with van der Waals surface area (Å²) in [5.41, 5.74) is 14.5. The van der Waals surface area contributed by atoms with Crippen LogP contribution in [-0.4, -0.2) is 24.1 Å². The van der Waals surface area contributed by atoms with E-state index in [-0.39, 0.29) is 0 Å². The molecule has 0 aliphatic rings. The average molecular weight is 766 g/mol. The molecule has 0 radical (unpaired) electrons. The highest BCUT2D eigenvalue weighted by atomic mass is 15.0. The van der Waals surface area contributed by atoms with Crippen LogP contribution in [0.15, 0.2) is 212 Å². The smallest absolute Gasteiger partial charge is 0.160 e. The maximum Gasteiger partial charge on any atom is 0.160 e. The first kappa shape index (κ1) is 33.9. The topological polar surface area (TPSA) is 48.5 Å². The summed E-state index contributed by atoms with van der Waals surface area (Å²) in [5.74, 6) is 0.673. The van der Waals surface area contributed by atoms with E-state index in [9.17, 15) is 0 Å². The van der Waals surface area contributed by atoms with Crippen molar-refractivity contribution in [3.63, 3.8) is 0 Å². The first-order chi connectivity index (χ1) is 29.7. The third kappa shape index (κ3) is 5.59. The summed E-state index contributed by atoms with van der Waals surface area (Å²) in [4.78, 5) is 15.3. The van der Waals surface area contributed by atoms with Gasteiger partial charge in [0.15, 0.2) is 5.82 Å². The Kier molecular flexibility index (Phi) is 7.78. The van der Waals surface area contributed by atoms with Gasteiger partial charge in [0.05, 0.1) is 39.0 Å². The molecular formula is C55H35N5. The molecule has 8 aromatic carbocycles. The van der Waals surface area contributed by atoms with Gasteiger partial charge in [0.1, 0.15) is 0 Å². The van der Waals surface area contributed by atoms with Gasteiger partial charge >= 0.3 is 0 Å². The fraction of sp³-hybridized carbons (Fsp3) is 0. The Labute approximate surface area is 346 Å². The first-order valence-corrected chi connectivity index (χ1v) is 20.3. The predicted molar refractivity (Wildman–Crippen MR) is 248 cm³/mol. The lowest BCUT2D eigenvalue weighted by atomic mass is 10.0. The summed E-state index contributed by atoms with van der Waals surface area (Å²) >= 11 is 0. The second-order valence-electron chi connectivity index (χ2n) is 15.3. The van der Waals surface area contributed by atoms with Crippen LogP contribution in [0.4, 0.5) is 0 Å². The Balaban J connectivity index is 1.09. The highest BCUT2D eigenvalue weighted by Gasteiger charge is 2.19. The molecule has 0 N–H and O–H groups in total. The fourth-order valence-electron chi connectivity index (χ4n) is 8.92. The number of hydrogen-bond acceptors (Lipinski definition) is 3. The van der Waals surface area contributed by atoms with E-state index >= 15 is 0 Å². The molecule has 280 valence electrons. The van der Waals surface area contributed by atoms with Gasteiger partial charge in [-0.2, -0.15) is 0 Å². The molecule has 12 aromatic rings. The van der Waals surface area contributed by atoms with Crippen molar-refractivity contribution in [1.82, 2.24) is 24.1 Å². The van der Waals surface area contributed by atoms with Gasteiger partial charge in [0.25, 0.3) is 0 Å². The molecule has 0 amide bonds. The number of para-hydroxylation sites is 5. The second kappa shape index (κ2) is 13.8. The SMILES string of the molecule is c1ccc(-c2nc(-c3ccc(-c4cnc5ccccc5c4)cc3)cc(-c3cc(-n4c5ccccc5c5ccccc54)cc(-n4c5ccccc5c5ccccc54)c3)n2)cc1. The third-order valence-corrected chi connectivity index (χ3v) is 11.7. The zero-order valence-electron chi connectivity index (χ0n) is 32.4. The number of nitrogens with zero attached hydrogens (tertiary/aromatic N) is 5. The minimum absolute atomic E-state index is 0.673. The van der Waals surface area contributed by atoms with Crippen LogP contribution in [0.25, 0.3) is 111 Å². The second-order valence-corrected chi connectivity index (χ2v) is 15.3. The van der Waals surface area contributed by atoms with E-state index in [1.54, 1.807) is 0 Å². The minimum atomic E-state index is 0.673. The lowest BCUT2D eigenvalue weighted by Crippen LogP contribution is -2.01. The predicted octanol–water partition coefficient (Wildman–Crippen LogP) is 13.9. The van der Waals surface area contributed by atoms with Gasteiger partial charge < -0.3 is 9.13 Å². The van der Waals surface area contributed by atoms with Crippen LogP contribution in [0.2, 0.25) is 0 Å². The number of rotatable bonds is 6. The molecule has 4 aromatic heterocycles. The summed E-state index contributed by atoms with van der Waals surface area (Å²) < 4.78 is 4.79. The van der Waals surface area contributed by atoms with E-state index in [4.69, 9.17) is 15.0 Å². The van der Waals surface area contributed by atoms with E-state index in [1.807, 2.05) is 36.5 Å². The molecule has 0 unspecified atom stereocenters. The van der Waals surface area contributed by atoms with E-state index in [2.05, 4.69) is 185 Å². The Morgan fingerprint density at radius 2 is 0.783 bits per heavy atom. The zero-order valence-corrected chi connectivity index (χ0v) is 32.4. The number of aromatic nitrogens is 5. The van der Waals surface area contributed by atoms with Gasteiger partial charge in [0.2, 0.25) is 0 Å². The molecule has 12 rings (SSSR count). The van der Waals surface area contributed by atoms with Crippen LogP contribution in [0, 0.1) is 0 Å². The minimum Gasteiger partial charge on any atom is -0.309 e. The lowest BCUT2D eigenvalue weighted by molar-refractivity contribution is 1.13. The summed E-state index contributed by atoms with van der Waals surface area (Å²) in [6.07, 6.45) is 1.95. The normalized spacial score (nSPS) is 11.7. The zero-order chi connectivity index (χ0) is 39.6. The molecular weight excluding hydrogens is 731 g/mol. The molecule has 60 heavy (non-hydrogen) atoms. The molecule has 0 aliphatic carbocycles. The van der Waals surface area contributed by atoms with Crippen LogP contribution >= 0.6 is 0 Å². The van der Waals surface area contributed by atoms with Crippen LogP contribution in [-0.2, 0) is 0 Å². The maximum atomic E-state index is 5.35. The molecule has 0 fully saturated rings. The van der Waals surface area contributed by atoms with Crippen LogP contribution in [0.5, 0.6) is 0 Å². The van der Waals surface area contributed by atoms with Gasteiger partial charge in [-0.15, -0.1) is 0 Å². The van der Waals surface area contributed by atoms with Crippen LogP contribution in [0.1, 0.15) is 0 Å². The van der Waals surface area contributed by atoms with Crippen molar-refractivity contribution < 1.29 is 0 Å². The van der Waals surface area contributed by atoms with Gasteiger partial charge in [0, 0.05) is 66.8 Å². The van der Waals surface area contributed by atoms with Gasteiger partial charge in [-0.05, 0) is 66.2 Å². The average Bonchev–Trinajstić information content (AvgIpc) is 3.85. The molecule has 0 spiro atoms. The quantitative estimate of drug-likeness (QED) is 0.169. The van der Waals surface area contributed by atoms with E-state index in [0.29, 0.717) is 5.82 Å². The standard InChI is InChI=1S/C55H35N5/c1-2-14-38(15-3-1)55-57-49(37-28-26-36(27-29-37)41-30-39-16-4-9-21-48(39)56-35-41)34-50(58-55)40-31-42(59-51-22-10-5-17-44(51)45-18-6-11-23-52(45)59)33-43(32-40)60-53-24-12-7-19-46(53)47-20-8-13-25-54(47)60/h1-35H. The fourth-order valence-corrected chi connectivity index (χ4v) is 8.92. The lowest BCUT2D eigenvalue weighted by Gasteiger charge is -2.16. The monoisotopic (exact) mass is 765 g/mol. The number of benzene rings is 8. The molecule has 0 saturated carbocycles. The van der Waals surface area contributed by atoms with E-state index in [1.165, 1.54) is 21.5 Å². The van der Waals surface area contributed by atoms with E-state index in [0.717, 1.165) is 83.5 Å². The summed E-state index contributed by atoms with van der Waals surface area (Å²) in [5, 5.41) is 5.99. The van der Waals surface area contributed by atoms with E-state index < -0.39 is 0 Å². The number of hydrogen-bond donors (Lipinski definition) is 0. The molecule has 0 saturated heterocycles. The third-order valence-electron chi connectivity index (χ3n) is 11.7. The molecule has 0 atom stereocenters. The van der Waals surface area contributed by atoms with Gasteiger partial charge in [-0.25, -0.2) is 9.97 Å². The van der Waals surface area contributed by atoms with Crippen molar-refractivity contribution in [3.8, 4) is 56.4 Å². The van der Waals surface area contributed by atoms with Crippen molar-refractivity contribution in [2.45, 2.75) is 0 Å². The largest absolute Gasteiger partial charge is 0.309 e. The Hall–Kier alpha value is -8.15. The van der Waals surface area contributed by atoms with Crippen molar-refractivity contribution in [1.29, 1.82) is 0 Å². The van der Waals surface area contributed by atoms with Crippen LogP contribution in [0.3, 0.4) is 0 Å². The maximum absolute atomic E-state index is 5.35.